The maximum absolute atomic E-state index is 12.1. The fourth-order valence-electron chi connectivity index (χ4n) is 1.84. The Labute approximate surface area is 142 Å². The first-order valence-corrected chi connectivity index (χ1v) is 7.63. The predicted molar refractivity (Wildman–Crippen MR) is 96.2 cm³/mol. The highest BCUT2D eigenvalue weighted by atomic mass is 127. The lowest BCUT2D eigenvalue weighted by Crippen LogP contribution is -2.19. The van der Waals surface area contributed by atoms with Crippen molar-refractivity contribution in [1.29, 1.82) is 0 Å². The van der Waals surface area contributed by atoms with Gasteiger partial charge in [0.1, 0.15) is 5.75 Å². The summed E-state index contributed by atoms with van der Waals surface area (Å²) in [6.45, 7) is 1.81. The summed E-state index contributed by atoms with van der Waals surface area (Å²) in [5.74, 6) is 0.459. The van der Waals surface area contributed by atoms with E-state index in [1.807, 2.05) is 19.1 Å². The maximum atomic E-state index is 12.1. The third-order valence-electron chi connectivity index (χ3n) is 3.04. The Kier molecular flexibility index (Phi) is 5.37. The minimum Gasteiger partial charge on any atom is -0.496 e. The summed E-state index contributed by atoms with van der Waals surface area (Å²) >= 11 is 2.12. The molecule has 114 valence electrons. The molecule has 0 fully saturated rings. The fraction of sp³-hybridized carbons (Fsp3) is 0.125. The molecule has 0 aliphatic rings. The molecule has 0 atom stereocenters. The number of carbonyl (C=O) groups is 1. The van der Waals surface area contributed by atoms with Gasteiger partial charge in [0.15, 0.2) is 0 Å². The van der Waals surface area contributed by atoms with E-state index in [1.54, 1.807) is 37.4 Å². The van der Waals surface area contributed by atoms with Gasteiger partial charge in [0.25, 0.3) is 5.91 Å². The average molecular weight is 409 g/mol. The van der Waals surface area contributed by atoms with E-state index in [0.29, 0.717) is 17.0 Å². The van der Waals surface area contributed by atoms with Crippen LogP contribution in [0.15, 0.2) is 47.6 Å². The number of hydrogen-bond acceptors (Lipinski definition) is 4. The number of amides is 1. The summed E-state index contributed by atoms with van der Waals surface area (Å²) in [6.07, 6.45) is 0. The number of hydrogen-bond donors (Lipinski definition) is 2. The lowest BCUT2D eigenvalue weighted by Gasteiger charge is -2.06. The topological polar surface area (TPSA) is 76.7 Å². The number of nitrogen functional groups attached to an aromatic ring is 1. The lowest BCUT2D eigenvalue weighted by molar-refractivity contribution is 0.0954. The SMILES string of the molecule is COc1ccc(C(=O)N/N=C(/C)c2cccc(N)c2)cc1I. The second kappa shape index (κ2) is 7.26. The minimum absolute atomic E-state index is 0.274. The number of hydrazone groups is 1. The van der Waals surface area contributed by atoms with Crippen molar-refractivity contribution in [2.75, 3.05) is 12.8 Å². The monoisotopic (exact) mass is 409 g/mol. The highest BCUT2D eigenvalue weighted by molar-refractivity contribution is 14.1. The van der Waals surface area contributed by atoms with E-state index in [2.05, 4.69) is 33.1 Å². The van der Waals surface area contributed by atoms with Crippen molar-refractivity contribution >= 4 is 39.9 Å². The van der Waals surface area contributed by atoms with Gasteiger partial charge in [0, 0.05) is 11.3 Å². The summed E-state index contributed by atoms with van der Waals surface area (Å²) in [5.41, 5.74) is 11.0. The first-order chi connectivity index (χ1) is 10.5. The molecule has 2 rings (SSSR count). The van der Waals surface area contributed by atoms with Crippen molar-refractivity contribution in [1.82, 2.24) is 5.43 Å². The van der Waals surface area contributed by atoms with Crippen LogP contribution in [0.1, 0.15) is 22.8 Å². The maximum Gasteiger partial charge on any atom is 0.271 e. The van der Waals surface area contributed by atoms with Gasteiger partial charge < -0.3 is 10.5 Å². The van der Waals surface area contributed by atoms with E-state index < -0.39 is 0 Å². The number of anilines is 1. The van der Waals surface area contributed by atoms with Crippen molar-refractivity contribution in [2.45, 2.75) is 6.92 Å². The smallest absolute Gasteiger partial charge is 0.271 e. The van der Waals surface area contributed by atoms with Crippen LogP contribution in [0.3, 0.4) is 0 Å². The molecule has 2 aromatic carbocycles. The van der Waals surface area contributed by atoms with E-state index in [4.69, 9.17) is 10.5 Å². The molecule has 0 heterocycles. The minimum atomic E-state index is -0.274. The summed E-state index contributed by atoms with van der Waals surface area (Å²) in [6, 6.07) is 12.5. The predicted octanol–water partition coefficient (Wildman–Crippen LogP) is 3.04. The number of ether oxygens (including phenoxy) is 1. The molecule has 22 heavy (non-hydrogen) atoms. The van der Waals surface area contributed by atoms with Gasteiger partial charge in [-0.1, -0.05) is 12.1 Å². The Morgan fingerprint density at radius 1 is 1.23 bits per heavy atom. The van der Waals surface area contributed by atoms with Crippen LogP contribution in [0, 0.1) is 3.57 Å². The van der Waals surface area contributed by atoms with Gasteiger partial charge in [-0.05, 0) is 65.4 Å². The largest absolute Gasteiger partial charge is 0.496 e. The van der Waals surface area contributed by atoms with Crippen LogP contribution >= 0.6 is 22.6 Å². The van der Waals surface area contributed by atoms with E-state index >= 15 is 0 Å². The number of benzene rings is 2. The first kappa shape index (κ1) is 16.3. The highest BCUT2D eigenvalue weighted by Gasteiger charge is 2.08. The zero-order chi connectivity index (χ0) is 16.1. The van der Waals surface area contributed by atoms with Crippen LogP contribution in [0.5, 0.6) is 5.75 Å². The molecule has 0 aliphatic carbocycles. The van der Waals surface area contributed by atoms with Crippen molar-refractivity contribution in [3.8, 4) is 5.75 Å². The van der Waals surface area contributed by atoms with Gasteiger partial charge in [0.05, 0.1) is 16.4 Å². The van der Waals surface area contributed by atoms with Crippen LogP contribution in [-0.4, -0.2) is 18.7 Å². The Balaban J connectivity index is 2.12. The highest BCUT2D eigenvalue weighted by Crippen LogP contribution is 2.21. The fourth-order valence-corrected chi connectivity index (χ4v) is 2.57. The second-order valence-corrected chi connectivity index (χ2v) is 5.78. The van der Waals surface area contributed by atoms with Gasteiger partial charge in [-0.2, -0.15) is 5.10 Å². The molecular weight excluding hydrogens is 393 g/mol. The lowest BCUT2D eigenvalue weighted by atomic mass is 10.1. The van der Waals surface area contributed by atoms with E-state index in [-0.39, 0.29) is 5.91 Å². The number of carbonyl (C=O) groups excluding carboxylic acids is 1. The molecule has 5 nitrogen and oxygen atoms in total. The molecule has 3 N–H and O–H groups in total. The van der Waals surface area contributed by atoms with E-state index in [0.717, 1.165) is 14.9 Å². The van der Waals surface area contributed by atoms with Gasteiger partial charge in [0.2, 0.25) is 0 Å². The number of methoxy groups -OCH3 is 1. The zero-order valence-electron chi connectivity index (χ0n) is 12.3. The molecule has 0 radical (unpaired) electrons. The number of nitrogens with two attached hydrogens (primary N) is 1. The van der Waals surface area contributed by atoms with Gasteiger partial charge in [-0.25, -0.2) is 5.43 Å². The molecule has 2 aromatic rings. The molecular formula is C16H16IN3O2. The summed E-state index contributed by atoms with van der Waals surface area (Å²) in [7, 11) is 1.59. The Morgan fingerprint density at radius 2 is 2.00 bits per heavy atom. The summed E-state index contributed by atoms with van der Waals surface area (Å²) < 4.78 is 6.03. The third-order valence-corrected chi connectivity index (χ3v) is 3.89. The van der Waals surface area contributed by atoms with Crippen LogP contribution in [0.2, 0.25) is 0 Å². The van der Waals surface area contributed by atoms with Gasteiger partial charge >= 0.3 is 0 Å². The van der Waals surface area contributed by atoms with Crippen molar-refractivity contribution in [3.05, 3.63) is 57.2 Å². The van der Waals surface area contributed by atoms with Crippen LogP contribution < -0.4 is 15.9 Å². The van der Waals surface area contributed by atoms with Crippen molar-refractivity contribution in [3.63, 3.8) is 0 Å². The van der Waals surface area contributed by atoms with Crippen LogP contribution in [-0.2, 0) is 0 Å². The van der Waals surface area contributed by atoms with Gasteiger partial charge in [-0.3, -0.25) is 4.79 Å². The second-order valence-electron chi connectivity index (χ2n) is 4.61. The molecule has 0 aromatic heterocycles. The molecule has 0 bridgehead atoms. The van der Waals surface area contributed by atoms with E-state index in [1.165, 1.54) is 0 Å². The number of nitrogens with zero attached hydrogens (tertiary/aromatic N) is 1. The molecule has 0 aliphatic heterocycles. The standard InChI is InChI=1S/C16H16IN3O2/c1-10(11-4-3-5-13(18)8-11)19-20-16(21)12-6-7-15(22-2)14(17)9-12/h3-9H,18H2,1-2H3,(H,20,21)/b19-10-. The normalized spacial score (nSPS) is 11.1. The molecule has 0 saturated carbocycles. The molecule has 6 heteroatoms. The third kappa shape index (κ3) is 3.97. The summed E-state index contributed by atoms with van der Waals surface area (Å²) in [5, 5.41) is 4.11. The Morgan fingerprint density at radius 3 is 2.64 bits per heavy atom. The Bertz CT molecular complexity index is 729. The van der Waals surface area contributed by atoms with Crippen LogP contribution in [0.25, 0.3) is 0 Å². The van der Waals surface area contributed by atoms with Crippen molar-refractivity contribution < 1.29 is 9.53 Å². The zero-order valence-corrected chi connectivity index (χ0v) is 14.4. The average Bonchev–Trinajstić information content (AvgIpc) is 2.52. The molecule has 0 unspecified atom stereocenters. The molecule has 0 spiro atoms. The molecule has 0 saturated heterocycles. The van der Waals surface area contributed by atoms with Gasteiger partial charge in [-0.15, -0.1) is 0 Å². The van der Waals surface area contributed by atoms with Crippen molar-refractivity contribution in [2.24, 2.45) is 5.10 Å². The Hall–Kier alpha value is -2.09. The quantitative estimate of drug-likeness (QED) is 0.353. The summed E-state index contributed by atoms with van der Waals surface area (Å²) in [4.78, 5) is 12.1. The molecule has 1 amide bonds. The van der Waals surface area contributed by atoms with Crippen LogP contribution in [0.4, 0.5) is 5.69 Å². The number of rotatable bonds is 4. The first-order valence-electron chi connectivity index (χ1n) is 6.55. The number of nitrogens with one attached hydrogen (secondary N) is 1. The number of halogens is 1. The van der Waals surface area contributed by atoms with E-state index in [9.17, 15) is 4.79 Å².